The van der Waals surface area contributed by atoms with Gasteiger partial charge >= 0.3 is 0 Å². The van der Waals surface area contributed by atoms with Crippen molar-refractivity contribution in [2.24, 2.45) is 0 Å². The Bertz CT molecular complexity index is 318. The maximum atomic E-state index is 4.89. The Morgan fingerprint density at radius 2 is 2.46 bits per heavy atom. The van der Waals surface area contributed by atoms with Crippen molar-refractivity contribution in [2.45, 2.75) is 6.17 Å². The van der Waals surface area contributed by atoms with Crippen LogP contribution in [0, 0.1) is 0 Å². The molecule has 3 N–H and O–H groups in total. The first kappa shape index (κ1) is 8.68. The standard InChI is InChI=1S/C8H9N3S2/c12-8-9-7(10-11-8)4-3-6-2-1-5-13-6/h1-5,7,10H,(H2,9,11,12)/b4-3+. The lowest BCUT2D eigenvalue weighted by atomic mass is 10.4. The molecule has 2 rings (SSSR count). The van der Waals surface area contributed by atoms with Gasteiger partial charge in [-0.3, -0.25) is 5.43 Å². The minimum Gasteiger partial charge on any atom is -0.341 e. The van der Waals surface area contributed by atoms with E-state index < -0.39 is 0 Å². The molecule has 1 aliphatic rings. The molecule has 0 bridgehead atoms. The number of rotatable bonds is 2. The Kier molecular flexibility index (Phi) is 2.58. The summed E-state index contributed by atoms with van der Waals surface area (Å²) >= 11 is 6.61. The van der Waals surface area contributed by atoms with E-state index in [0.29, 0.717) is 5.11 Å². The van der Waals surface area contributed by atoms with Gasteiger partial charge in [-0.25, -0.2) is 5.43 Å². The summed E-state index contributed by atoms with van der Waals surface area (Å²) in [4.78, 5) is 1.24. The third-order valence-electron chi connectivity index (χ3n) is 1.62. The number of hydrogen-bond donors (Lipinski definition) is 3. The van der Waals surface area contributed by atoms with E-state index in [2.05, 4.69) is 33.7 Å². The molecule has 0 amide bonds. The average Bonchev–Trinajstić information content (AvgIpc) is 2.71. The first-order valence-corrected chi connectivity index (χ1v) is 5.17. The van der Waals surface area contributed by atoms with Crippen LogP contribution in [0.5, 0.6) is 0 Å². The van der Waals surface area contributed by atoms with Gasteiger partial charge in [0, 0.05) is 4.88 Å². The van der Waals surface area contributed by atoms with Gasteiger partial charge in [0.25, 0.3) is 0 Å². The minimum atomic E-state index is 0.0922. The Hall–Kier alpha value is -0.910. The molecule has 2 heterocycles. The minimum absolute atomic E-state index is 0.0922. The molecule has 68 valence electrons. The molecular formula is C8H9N3S2. The second-order valence-corrected chi connectivity index (χ2v) is 3.98. The zero-order valence-electron chi connectivity index (χ0n) is 6.78. The van der Waals surface area contributed by atoms with E-state index in [1.165, 1.54) is 4.88 Å². The van der Waals surface area contributed by atoms with Crippen LogP contribution in [0.4, 0.5) is 0 Å². The summed E-state index contributed by atoms with van der Waals surface area (Å²) in [5.41, 5.74) is 5.81. The molecule has 0 saturated carbocycles. The van der Waals surface area contributed by atoms with Crippen molar-refractivity contribution in [1.29, 1.82) is 0 Å². The van der Waals surface area contributed by atoms with Crippen LogP contribution in [-0.4, -0.2) is 11.3 Å². The van der Waals surface area contributed by atoms with Crippen molar-refractivity contribution < 1.29 is 0 Å². The third kappa shape index (κ3) is 2.27. The predicted octanol–water partition coefficient (Wildman–Crippen LogP) is 1.07. The molecule has 1 atom stereocenters. The van der Waals surface area contributed by atoms with Gasteiger partial charge in [0.15, 0.2) is 5.11 Å². The largest absolute Gasteiger partial charge is 0.341 e. The Balaban J connectivity index is 1.94. The fraction of sp³-hybridized carbons (Fsp3) is 0.125. The van der Waals surface area contributed by atoms with Gasteiger partial charge in [-0.2, -0.15) is 0 Å². The lowest BCUT2D eigenvalue weighted by molar-refractivity contribution is 0.621. The van der Waals surface area contributed by atoms with Crippen molar-refractivity contribution >= 4 is 34.7 Å². The first-order chi connectivity index (χ1) is 6.34. The van der Waals surface area contributed by atoms with Crippen LogP contribution in [0.3, 0.4) is 0 Å². The number of hydrazine groups is 1. The summed E-state index contributed by atoms with van der Waals surface area (Å²) in [5, 5.41) is 5.74. The summed E-state index contributed by atoms with van der Waals surface area (Å²) in [7, 11) is 0. The Morgan fingerprint density at radius 3 is 3.08 bits per heavy atom. The lowest BCUT2D eigenvalue weighted by Crippen LogP contribution is -2.31. The van der Waals surface area contributed by atoms with Crippen molar-refractivity contribution in [2.75, 3.05) is 0 Å². The van der Waals surface area contributed by atoms with E-state index >= 15 is 0 Å². The number of hydrogen-bond acceptors (Lipinski definition) is 3. The maximum Gasteiger partial charge on any atom is 0.182 e. The molecular weight excluding hydrogens is 202 g/mol. The molecule has 1 unspecified atom stereocenters. The molecule has 0 radical (unpaired) electrons. The van der Waals surface area contributed by atoms with Gasteiger partial charge in [-0.15, -0.1) is 11.3 Å². The molecule has 0 aliphatic carbocycles. The molecule has 0 spiro atoms. The Morgan fingerprint density at radius 1 is 1.54 bits per heavy atom. The van der Waals surface area contributed by atoms with Crippen LogP contribution < -0.4 is 16.2 Å². The second kappa shape index (κ2) is 3.87. The molecule has 1 aromatic rings. The van der Waals surface area contributed by atoms with Crippen molar-refractivity contribution in [3.05, 3.63) is 28.5 Å². The number of nitrogens with one attached hydrogen (secondary N) is 3. The van der Waals surface area contributed by atoms with Gasteiger partial charge in [0.2, 0.25) is 0 Å². The zero-order chi connectivity index (χ0) is 9.10. The van der Waals surface area contributed by atoms with Gasteiger partial charge in [0.1, 0.15) is 6.17 Å². The molecule has 13 heavy (non-hydrogen) atoms. The SMILES string of the molecule is S=C1NNC(/C=C/c2cccs2)N1. The molecule has 0 aromatic carbocycles. The predicted molar refractivity (Wildman–Crippen MR) is 59.1 cm³/mol. The van der Waals surface area contributed by atoms with E-state index in [1.54, 1.807) is 11.3 Å². The van der Waals surface area contributed by atoms with Gasteiger partial charge in [-0.1, -0.05) is 6.07 Å². The van der Waals surface area contributed by atoms with Crippen LogP contribution in [0.15, 0.2) is 23.6 Å². The molecule has 1 aliphatic heterocycles. The van der Waals surface area contributed by atoms with Crippen LogP contribution in [0.1, 0.15) is 4.88 Å². The topological polar surface area (TPSA) is 36.1 Å². The highest BCUT2D eigenvalue weighted by Gasteiger charge is 2.11. The monoisotopic (exact) mass is 211 g/mol. The molecule has 5 heteroatoms. The summed E-state index contributed by atoms with van der Waals surface area (Å²) in [6, 6.07) is 4.10. The smallest absolute Gasteiger partial charge is 0.182 e. The third-order valence-corrected chi connectivity index (χ3v) is 2.68. The van der Waals surface area contributed by atoms with Crippen molar-refractivity contribution in [3.8, 4) is 0 Å². The van der Waals surface area contributed by atoms with Gasteiger partial charge in [0.05, 0.1) is 0 Å². The van der Waals surface area contributed by atoms with E-state index in [0.717, 1.165) is 0 Å². The average molecular weight is 211 g/mol. The highest BCUT2D eigenvalue weighted by Crippen LogP contribution is 2.10. The fourth-order valence-corrected chi connectivity index (χ4v) is 1.84. The van der Waals surface area contributed by atoms with E-state index in [-0.39, 0.29) is 6.17 Å². The fourth-order valence-electron chi connectivity index (χ4n) is 1.03. The van der Waals surface area contributed by atoms with Crippen LogP contribution in [-0.2, 0) is 0 Å². The van der Waals surface area contributed by atoms with Gasteiger partial charge < -0.3 is 5.32 Å². The van der Waals surface area contributed by atoms with Crippen LogP contribution in [0.2, 0.25) is 0 Å². The normalized spacial score (nSPS) is 21.8. The van der Waals surface area contributed by atoms with E-state index in [4.69, 9.17) is 12.2 Å². The molecule has 1 aromatic heterocycles. The van der Waals surface area contributed by atoms with E-state index in [9.17, 15) is 0 Å². The highest BCUT2D eigenvalue weighted by molar-refractivity contribution is 7.80. The number of thiocarbonyl (C=S) groups is 1. The van der Waals surface area contributed by atoms with Crippen molar-refractivity contribution in [1.82, 2.24) is 16.2 Å². The van der Waals surface area contributed by atoms with Crippen molar-refractivity contribution in [3.63, 3.8) is 0 Å². The van der Waals surface area contributed by atoms with Crippen LogP contribution in [0.25, 0.3) is 6.08 Å². The molecule has 3 nitrogen and oxygen atoms in total. The maximum absolute atomic E-state index is 4.89. The quantitative estimate of drug-likeness (QED) is 0.640. The first-order valence-electron chi connectivity index (χ1n) is 3.88. The zero-order valence-corrected chi connectivity index (χ0v) is 8.41. The summed E-state index contributed by atoms with van der Waals surface area (Å²) < 4.78 is 0. The summed E-state index contributed by atoms with van der Waals surface area (Å²) in [6.45, 7) is 0. The Labute approximate surface area is 85.8 Å². The van der Waals surface area contributed by atoms with Crippen LogP contribution >= 0.6 is 23.6 Å². The van der Waals surface area contributed by atoms with Gasteiger partial charge in [-0.05, 0) is 35.8 Å². The molecule has 1 fully saturated rings. The van der Waals surface area contributed by atoms with E-state index in [1.807, 2.05) is 12.1 Å². The number of thiophene rings is 1. The lowest BCUT2D eigenvalue weighted by Gasteiger charge is -2.00. The molecule has 1 saturated heterocycles. The summed E-state index contributed by atoms with van der Waals surface area (Å²) in [6.07, 6.45) is 4.18. The second-order valence-electron chi connectivity index (χ2n) is 2.60. The summed E-state index contributed by atoms with van der Waals surface area (Å²) in [5.74, 6) is 0. The highest BCUT2D eigenvalue weighted by atomic mass is 32.1.